The largest absolute Gasteiger partial charge is 0.497 e. The second-order valence-electron chi connectivity index (χ2n) is 7.31. The highest BCUT2D eigenvalue weighted by atomic mass is 32.2. The predicted molar refractivity (Wildman–Crippen MR) is 126 cm³/mol. The fraction of sp³-hybridized carbons (Fsp3) is 0.0870. The molecular formula is C23H20N4O3S. The lowest BCUT2D eigenvalue weighted by atomic mass is 10.1. The number of rotatable bonds is 5. The average Bonchev–Trinajstić information content (AvgIpc) is 3.12. The van der Waals surface area contributed by atoms with Gasteiger partial charge in [0.15, 0.2) is 0 Å². The minimum absolute atomic E-state index is 0.395. The van der Waals surface area contributed by atoms with Gasteiger partial charge >= 0.3 is 0 Å². The van der Waals surface area contributed by atoms with Crippen molar-refractivity contribution < 1.29 is 13.2 Å². The number of aromatic amines is 1. The molecule has 156 valence electrons. The van der Waals surface area contributed by atoms with Gasteiger partial charge in [0.1, 0.15) is 5.75 Å². The fourth-order valence-corrected chi connectivity index (χ4v) is 4.34. The second-order valence-corrected chi connectivity index (χ2v) is 9.06. The molecule has 7 nitrogen and oxygen atoms in total. The van der Waals surface area contributed by atoms with Gasteiger partial charge < -0.3 is 15.0 Å². The monoisotopic (exact) mass is 432 g/mol. The number of pyridine rings is 1. The third-order valence-electron chi connectivity index (χ3n) is 5.12. The molecule has 0 aliphatic carbocycles. The smallest absolute Gasteiger partial charge is 0.229 e. The zero-order valence-electron chi connectivity index (χ0n) is 16.9. The summed E-state index contributed by atoms with van der Waals surface area (Å²) in [4.78, 5) is 8.34. The molecule has 31 heavy (non-hydrogen) atoms. The van der Waals surface area contributed by atoms with Gasteiger partial charge in [-0.25, -0.2) is 13.4 Å². The number of fused-ring (bicyclic) bond motifs is 4. The van der Waals surface area contributed by atoms with Crippen molar-refractivity contribution in [1.29, 1.82) is 0 Å². The summed E-state index contributed by atoms with van der Waals surface area (Å²) in [7, 11) is -1.95. The van der Waals surface area contributed by atoms with Gasteiger partial charge in [-0.1, -0.05) is 36.4 Å². The summed E-state index contributed by atoms with van der Waals surface area (Å²) in [6.45, 7) is 0. The summed E-state index contributed by atoms with van der Waals surface area (Å²) in [5, 5.41) is 5.38. The maximum Gasteiger partial charge on any atom is 0.229 e. The molecule has 0 saturated carbocycles. The van der Waals surface area contributed by atoms with E-state index < -0.39 is 10.0 Å². The number of hydrogen-bond acceptors (Lipinski definition) is 5. The van der Waals surface area contributed by atoms with E-state index in [1.807, 2.05) is 48.5 Å². The number of ether oxygens (including phenoxy) is 1. The molecule has 2 heterocycles. The van der Waals surface area contributed by atoms with Crippen LogP contribution in [0.1, 0.15) is 0 Å². The van der Waals surface area contributed by atoms with Gasteiger partial charge in [-0.05, 0) is 24.3 Å². The molecule has 8 heteroatoms. The number of aromatic nitrogens is 2. The zero-order chi connectivity index (χ0) is 21.6. The average molecular weight is 433 g/mol. The molecule has 0 aliphatic rings. The number of anilines is 3. The quantitative estimate of drug-likeness (QED) is 0.363. The lowest BCUT2D eigenvalue weighted by molar-refractivity contribution is 0.415. The number of para-hydroxylation sites is 2. The Kier molecular flexibility index (Phi) is 4.44. The summed E-state index contributed by atoms with van der Waals surface area (Å²) in [6, 6.07) is 21.1. The van der Waals surface area contributed by atoms with Crippen LogP contribution in [-0.4, -0.2) is 31.8 Å². The van der Waals surface area contributed by atoms with E-state index in [1.165, 1.54) is 7.11 Å². The van der Waals surface area contributed by atoms with Gasteiger partial charge in [-0.2, -0.15) is 0 Å². The van der Waals surface area contributed by atoms with Crippen LogP contribution in [0.25, 0.3) is 32.8 Å². The van der Waals surface area contributed by atoms with E-state index in [-0.39, 0.29) is 0 Å². The van der Waals surface area contributed by atoms with E-state index in [0.29, 0.717) is 17.1 Å². The number of benzene rings is 3. The Labute approximate surface area is 179 Å². The minimum Gasteiger partial charge on any atom is -0.497 e. The van der Waals surface area contributed by atoms with Crippen molar-refractivity contribution in [2.24, 2.45) is 0 Å². The van der Waals surface area contributed by atoms with Crippen molar-refractivity contribution in [2.45, 2.75) is 0 Å². The van der Waals surface area contributed by atoms with E-state index in [2.05, 4.69) is 15.0 Å². The van der Waals surface area contributed by atoms with Crippen LogP contribution >= 0.6 is 0 Å². The first kappa shape index (κ1) is 19.2. The predicted octanol–water partition coefficient (Wildman–Crippen LogP) is 4.99. The molecule has 0 saturated heterocycles. The van der Waals surface area contributed by atoms with Crippen molar-refractivity contribution in [2.75, 3.05) is 23.4 Å². The number of hydrogen-bond donors (Lipinski definition) is 3. The number of methoxy groups -OCH3 is 1. The summed E-state index contributed by atoms with van der Waals surface area (Å²) in [5.41, 5.74) is 5.33. The highest BCUT2D eigenvalue weighted by Gasteiger charge is 2.16. The molecule has 0 bridgehead atoms. The van der Waals surface area contributed by atoms with Crippen LogP contribution < -0.4 is 14.8 Å². The van der Waals surface area contributed by atoms with Crippen LogP contribution in [-0.2, 0) is 10.0 Å². The standard InChI is InChI=1S/C23H20N4O3S/c1-30-14-11-12-19(20(13-14)27-31(2,28)29)26-22-15-7-3-5-9-17(15)24-21-16-8-4-6-10-18(16)25-23(21)22/h3-13,25,27H,1-2H3,(H,24,26). The summed E-state index contributed by atoms with van der Waals surface area (Å²) >= 11 is 0. The van der Waals surface area contributed by atoms with Gasteiger partial charge in [0, 0.05) is 22.4 Å². The lowest BCUT2D eigenvalue weighted by Gasteiger charge is -2.16. The van der Waals surface area contributed by atoms with Crippen molar-refractivity contribution in [3.8, 4) is 5.75 Å². The van der Waals surface area contributed by atoms with Crippen LogP contribution in [0.15, 0.2) is 66.7 Å². The Hall–Kier alpha value is -3.78. The van der Waals surface area contributed by atoms with Crippen molar-refractivity contribution >= 4 is 59.9 Å². The van der Waals surface area contributed by atoms with Crippen molar-refractivity contribution in [3.05, 3.63) is 66.7 Å². The molecule has 5 rings (SSSR count). The van der Waals surface area contributed by atoms with Gasteiger partial charge in [0.25, 0.3) is 0 Å². The molecule has 0 aliphatic heterocycles. The van der Waals surface area contributed by atoms with E-state index in [4.69, 9.17) is 9.72 Å². The van der Waals surface area contributed by atoms with Crippen LogP contribution in [0.5, 0.6) is 5.75 Å². The molecule has 0 amide bonds. The molecule has 0 spiro atoms. The first-order chi connectivity index (χ1) is 14.9. The van der Waals surface area contributed by atoms with E-state index >= 15 is 0 Å². The topological polar surface area (TPSA) is 96.1 Å². The Morgan fingerprint density at radius 3 is 2.45 bits per heavy atom. The van der Waals surface area contributed by atoms with Crippen LogP contribution in [0.4, 0.5) is 17.1 Å². The number of H-pyrrole nitrogens is 1. The Morgan fingerprint density at radius 2 is 1.68 bits per heavy atom. The third kappa shape index (κ3) is 3.51. The molecular weight excluding hydrogens is 412 g/mol. The maximum atomic E-state index is 12.0. The number of sulfonamides is 1. The fourth-order valence-electron chi connectivity index (χ4n) is 3.77. The third-order valence-corrected chi connectivity index (χ3v) is 5.71. The van der Waals surface area contributed by atoms with Gasteiger partial charge in [0.2, 0.25) is 10.0 Å². The molecule has 0 radical (unpaired) electrons. The van der Waals surface area contributed by atoms with E-state index in [0.717, 1.165) is 44.8 Å². The molecule has 0 unspecified atom stereocenters. The van der Waals surface area contributed by atoms with Gasteiger partial charge in [-0.15, -0.1) is 0 Å². The van der Waals surface area contributed by atoms with Crippen LogP contribution in [0.3, 0.4) is 0 Å². The van der Waals surface area contributed by atoms with Gasteiger partial charge in [0.05, 0.1) is 47.0 Å². The maximum absolute atomic E-state index is 12.0. The Morgan fingerprint density at radius 1 is 0.935 bits per heavy atom. The number of nitrogens with zero attached hydrogens (tertiary/aromatic N) is 1. The molecule has 0 atom stereocenters. The first-order valence-electron chi connectivity index (χ1n) is 9.65. The molecule has 5 aromatic rings. The van der Waals surface area contributed by atoms with Crippen LogP contribution in [0, 0.1) is 0 Å². The Bertz CT molecular complexity index is 1560. The zero-order valence-corrected chi connectivity index (χ0v) is 17.7. The molecule has 3 N–H and O–H groups in total. The molecule has 3 aromatic carbocycles. The molecule has 2 aromatic heterocycles. The summed E-state index contributed by atoms with van der Waals surface area (Å²) < 4.78 is 31.7. The minimum atomic E-state index is -3.49. The first-order valence-corrected chi connectivity index (χ1v) is 11.5. The lowest BCUT2D eigenvalue weighted by Crippen LogP contribution is -2.11. The SMILES string of the molecule is COc1ccc(Nc2c3ccccc3nc3c2[nH]c2ccccc23)c(NS(C)(=O)=O)c1. The van der Waals surface area contributed by atoms with Gasteiger partial charge in [-0.3, -0.25) is 4.72 Å². The molecule has 0 fully saturated rings. The second kappa shape index (κ2) is 7.17. The number of nitrogens with one attached hydrogen (secondary N) is 3. The van der Waals surface area contributed by atoms with Crippen molar-refractivity contribution in [3.63, 3.8) is 0 Å². The normalized spacial score (nSPS) is 11.8. The van der Waals surface area contributed by atoms with Crippen LogP contribution in [0.2, 0.25) is 0 Å². The van der Waals surface area contributed by atoms with Crippen molar-refractivity contribution in [1.82, 2.24) is 9.97 Å². The highest BCUT2D eigenvalue weighted by molar-refractivity contribution is 7.92. The highest BCUT2D eigenvalue weighted by Crippen LogP contribution is 2.38. The Balaban J connectivity index is 1.77. The van der Waals surface area contributed by atoms with E-state index in [1.54, 1.807) is 18.2 Å². The summed E-state index contributed by atoms with van der Waals surface area (Å²) in [6.07, 6.45) is 1.12. The van der Waals surface area contributed by atoms with E-state index in [9.17, 15) is 8.42 Å². The summed E-state index contributed by atoms with van der Waals surface area (Å²) in [5.74, 6) is 0.548.